The fourth-order valence-electron chi connectivity index (χ4n) is 1.50. The molecule has 0 fully saturated rings. The number of nitrogens with two attached hydrogens (primary N) is 1. The van der Waals surface area contributed by atoms with Gasteiger partial charge < -0.3 is 15.7 Å². The third-order valence-corrected chi connectivity index (χ3v) is 3.14. The molecule has 18 heavy (non-hydrogen) atoms. The Bertz CT molecular complexity index is 419. The van der Waals surface area contributed by atoms with E-state index in [1.165, 1.54) is 16.2 Å². The lowest BCUT2D eigenvalue weighted by Gasteiger charge is -2.18. The Morgan fingerprint density at radius 1 is 1.56 bits per heavy atom. The molecule has 1 heterocycles. The highest BCUT2D eigenvalue weighted by molar-refractivity contribution is 7.09. The van der Waals surface area contributed by atoms with Gasteiger partial charge in [-0.05, 0) is 13.0 Å². The number of nitrogens with zero attached hydrogens (tertiary/aromatic N) is 2. The Hall–Kier alpha value is -1.47. The number of hydrogen-bond donors (Lipinski definition) is 2. The fraction of sp³-hybridized carbons (Fsp3) is 0.545. The molecule has 0 saturated heterocycles. The summed E-state index contributed by atoms with van der Waals surface area (Å²) in [6.07, 6.45) is 1.34. The average Bonchev–Trinajstić information content (AvgIpc) is 2.76. The molecule has 0 bridgehead atoms. The van der Waals surface area contributed by atoms with Gasteiger partial charge in [-0.15, -0.1) is 11.3 Å². The van der Waals surface area contributed by atoms with Crippen LogP contribution in [0.5, 0.6) is 0 Å². The SMILES string of the molecule is CCCN(CC(=O)O)C(=O)c1csc(CCN)n1. The molecule has 0 spiro atoms. The zero-order valence-corrected chi connectivity index (χ0v) is 11.1. The van der Waals surface area contributed by atoms with E-state index >= 15 is 0 Å². The van der Waals surface area contributed by atoms with Crippen molar-refractivity contribution in [2.24, 2.45) is 5.73 Å². The van der Waals surface area contributed by atoms with Crippen molar-refractivity contribution in [2.45, 2.75) is 19.8 Å². The Labute approximate surface area is 109 Å². The second-order valence-electron chi connectivity index (χ2n) is 3.79. The number of carboxylic acids is 1. The summed E-state index contributed by atoms with van der Waals surface area (Å²) in [6.45, 7) is 2.49. The maximum absolute atomic E-state index is 12.1. The molecular weight excluding hydrogens is 254 g/mol. The number of carbonyl (C=O) groups is 2. The topological polar surface area (TPSA) is 96.5 Å². The maximum atomic E-state index is 12.1. The van der Waals surface area contributed by atoms with Gasteiger partial charge in [0.05, 0.1) is 5.01 Å². The van der Waals surface area contributed by atoms with Crippen molar-refractivity contribution in [3.05, 3.63) is 16.1 Å². The second kappa shape index (κ2) is 7.07. The Morgan fingerprint density at radius 2 is 2.28 bits per heavy atom. The van der Waals surface area contributed by atoms with Crippen LogP contribution in [0.3, 0.4) is 0 Å². The van der Waals surface area contributed by atoms with Crippen molar-refractivity contribution < 1.29 is 14.7 Å². The minimum atomic E-state index is -1.02. The summed E-state index contributed by atoms with van der Waals surface area (Å²) < 4.78 is 0. The van der Waals surface area contributed by atoms with Crippen molar-refractivity contribution in [1.82, 2.24) is 9.88 Å². The highest BCUT2D eigenvalue weighted by Crippen LogP contribution is 2.12. The van der Waals surface area contributed by atoms with Gasteiger partial charge in [-0.2, -0.15) is 0 Å². The number of hydrogen-bond acceptors (Lipinski definition) is 5. The summed E-state index contributed by atoms with van der Waals surface area (Å²) in [6, 6.07) is 0. The Kier molecular flexibility index (Phi) is 5.73. The van der Waals surface area contributed by atoms with Gasteiger partial charge in [-0.1, -0.05) is 6.92 Å². The molecule has 1 rings (SSSR count). The first kappa shape index (κ1) is 14.6. The minimum absolute atomic E-state index is 0.295. The lowest BCUT2D eigenvalue weighted by molar-refractivity contribution is -0.137. The number of thiazole rings is 1. The summed E-state index contributed by atoms with van der Waals surface area (Å²) in [5, 5.41) is 11.2. The van der Waals surface area contributed by atoms with Crippen molar-refractivity contribution in [1.29, 1.82) is 0 Å². The van der Waals surface area contributed by atoms with E-state index in [0.29, 0.717) is 31.6 Å². The monoisotopic (exact) mass is 271 g/mol. The van der Waals surface area contributed by atoms with Crippen LogP contribution in [0, 0.1) is 0 Å². The van der Waals surface area contributed by atoms with Gasteiger partial charge in [0.25, 0.3) is 5.91 Å². The van der Waals surface area contributed by atoms with E-state index in [-0.39, 0.29) is 12.5 Å². The number of aliphatic carboxylic acids is 1. The van der Waals surface area contributed by atoms with E-state index in [2.05, 4.69) is 4.98 Å². The van der Waals surface area contributed by atoms with Crippen LogP contribution in [0.25, 0.3) is 0 Å². The molecule has 0 atom stereocenters. The van der Waals surface area contributed by atoms with Gasteiger partial charge in [0.15, 0.2) is 0 Å². The molecule has 7 heteroatoms. The summed E-state index contributed by atoms with van der Waals surface area (Å²) in [5.41, 5.74) is 5.72. The van der Waals surface area contributed by atoms with E-state index in [1.807, 2.05) is 6.92 Å². The van der Waals surface area contributed by atoms with Crippen molar-refractivity contribution >= 4 is 23.2 Å². The third-order valence-electron chi connectivity index (χ3n) is 2.24. The summed E-state index contributed by atoms with van der Waals surface area (Å²) >= 11 is 1.37. The van der Waals surface area contributed by atoms with Gasteiger partial charge in [0.2, 0.25) is 0 Å². The number of aromatic nitrogens is 1. The number of amides is 1. The molecule has 1 aromatic heterocycles. The van der Waals surface area contributed by atoms with E-state index in [9.17, 15) is 9.59 Å². The van der Waals surface area contributed by atoms with Crippen LogP contribution in [0.1, 0.15) is 28.8 Å². The molecule has 100 valence electrons. The first-order valence-electron chi connectivity index (χ1n) is 5.74. The molecular formula is C11H17N3O3S. The van der Waals surface area contributed by atoms with E-state index in [0.717, 1.165) is 5.01 Å². The van der Waals surface area contributed by atoms with Gasteiger partial charge in [0, 0.05) is 18.3 Å². The largest absolute Gasteiger partial charge is 0.480 e. The molecule has 6 nitrogen and oxygen atoms in total. The first-order chi connectivity index (χ1) is 8.58. The van der Waals surface area contributed by atoms with Crippen LogP contribution in [0.2, 0.25) is 0 Å². The van der Waals surface area contributed by atoms with Crippen LogP contribution in [0.4, 0.5) is 0 Å². The van der Waals surface area contributed by atoms with Crippen molar-refractivity contribution in [3.8, 4) is 0 Å². The van der Waals surface area contributed by atoms with Gasteiger partial charge in [0.1, 0.15) is 12.2 Å². The number of carbonyl (C=O) groups excluding carboxylic acids is 1. The quantitative estimate of drug-likeness (QED) is 0.756. The molecule has 0 aliphatic rings. The van der Waals surface area contributed by atoms with Crippen LogP contribution in [-0.4, -0.2) is 46.5 Å². The number of rotatable bonds is 7. The summed E-state index contributed by atoms with van der Waals surface area (Å²) in [5.74, 6) is -1.35. The van der Waals surface area contributed by atoms with Crippen LogP contribution < -0.4 is 5.73 Å². The Morgan fingerprint density at radius 3 is 2.83 bits per heavy atom. The van der Waals surface area contributed by atoms with Gasteiger partial charge in [-0.25, -0.2) is 4.98 Å². The van der Waals surface area contributed by atoms with E-state index in [1.54, 1.807) is 5.38 Å². The maximum Gasteiger partial charge on any atom is 0.323 e. The average molecular weight is 271 g/mol. The molecule has 0 unspecified atom stereocenters. The van der Waals surface area contributed by atoms with Crippen molar-refractivity contribution in [3.63, 3.8) is 0 Å². The highest BCUT2D eigenvalue weighted by Gasteiger charge is 2.20. The molecule has 0 aromatic carbocycles. The van der Waals surface area contributed by atoms with Crippen LogP contribution in [-0.2, 0) is 11.2 Å². The molecule has 1 amide bonds. The summed E-state index contributed by atoms with van der Waals surface area (Å²) in [7, 11) is 0. The lowest BCUT2D eigenvalue weighted by atomic mass is 10.3. The predicted octanol–water partition coefficient (Wildman–Crippen LogP) is 0.581. The third kappa shape index (κ3) is 4.08. The normalized spacial score (nSPS) is 10.3. The zero-order valence-electron chi connectivity index (χ0n) is 10.3. The van der Waals surface area contributed by atoms with Crippen molar-refractivity contribution in [2.75, 3.05) is 19.6 Å². The Balaban J connectivity index is 2.77. The summed E-state index contributed by atoms with van der Waals surface area (Å²) in [4.78, 5) is 28.2. The first-order valence-corrected chi connectivity index (χ1v) is 6.62. The smallest absolute Gasteiger partial charge is 0.323 e. The molecule has 0 saturated carbocycles. The molecule has 0 radical (unpaired) electrons. The molecule has 0 aliphatic heterocycles. The molecule has 1 aromatic rings. The van der Waals surface area contributed by atoms with E-state index < -0.39 is 5.97 Å². The minimum Gasteiger partial charge on any atom is -0.480 e. The second-order valence-corrected chi connectivity index (χ2v) is 4.73. The number of carboxylic acid groups (broad SMARTS) is 1. The predicted molar refractivity (Wildman–Crippen MR) is 68.7 cm³/mol. The van der Waals surface area contributed by atoms with Gasteiger partial charge in [-0.3, -0.25) is 9.59 Å². The van der Waals surface area contributed by atoms with Crippen LogP contribution >= 0.6 is 11.3 Å². The molecule has 0 aliphatic carbocycles. The highest BCUT2D eigenvalue weighted by atomic mass is 32.1. The van der Waals surface area contributed by atoms with Crippen LogP contribution in [0.15, 0.2) is 5.38 Å². The van der Waals surface area contributed by atoms with E-state index in [4.69, 9.17) is 10.8 Å². The van der Waals surface area contributed by atoms with Gasteiger partial charge >= 0.3 is 5.97 Å². The standard InChI is InChI=1S/C11H17N3O3S/c1-2-5-14(6-10(15)16)11(17)8-7-18-9(13-8)3-4-12/h7H,2-6,12H2,1H3,(H,15,16). The fourth-order valence-corrected chi connectivity index (χ4v) is 2.28. The molecule has 3 N–H and O–H groups in total. The zero-order chi connectivity index (χ0) is 13.5. The lowest BCUT2D eigenvalue weighted by Crippen LogP contribution is -2.36.